The predicted molar refractivity (Wildman–Crippen MR) is 116 cm³/mol. The number of hydrogen-bond acceptors (Lipinski definition) is 3. The van der Waals surface area contributed by atoms with Crippen molar-refractivity contribution in [3.8, 4) is 0 Å². The summed E-state index contributed by atoms with van der Waals surface area (Å²) in [6.07, 6.45) is 0.666. The van der Waals surface area contributed by atoms with E-state index in [0.29, 0.717) is 17.7 Å². The van der Waals surface area contributed by atoms with E-state index >= 15 is 0 Å². The average molecular weight is 402 g/mol. The molecule has 0 saturated heterocycles. The van der Waals surface area contributed by atoms with Crippen LogP contribution in [0.1, 0.15) is 45.5 Å². The molecular formula is C24H22N2O4. The fourth-order valence-electron chi connectivity index (χ4n) is 3.17. The third-order valence-electron chi connectivity index (χ3n) is 4.75. The lowest BCUT2D eigenvalue weighted by Gasteiger charge is -2.15. The second-order valence-corrected chi connectivity index (χ2v) is 6.74. The van der Waals surface area contributed by atoms with Crippen molar-refractivity contribution in [3.63, 3.8) is 0 Å². The van der Waals surface area contributed by atoms with Crippen molar-refractivity contribution in [3.05, 3.63) is 95.6 Å². The van der Waals surface area contributed by atoms with Crippen LogP contribution in [0.4, 0.5) is 11.4 Å². The molecule has 0 aliphatic carbocycles. The molecule has 0 aliphatic rings. The zero-order chi connectivity index (χ0) is 21.5. The van der Waals surface area contributed by atoms with Gasteiger partial charge in [0.15, 0.2) is 0 Å². The molecule has 0 spiro atoms. The van der Waals surface area contributed by atoms with Gasteiger partial charge >= 0.3 is 5.97 Å². The van der Waals surface area contributed by atoms with Crippen molar-refractivity contribution >= 4 is 29.2 Å². The van der Waals surface area contributed by atoms with E-state index in [1.807, 2.05) is 37.3 Å². The molecular weight excluding hydrogens is 380 g/mol. The van der Waals surface area contributed by atoms with Crippen LogP contribution in [0, 0.1) is 0 Å². The summed E-state index contributed by atoms with van der Waals surface area (Å²) in [4.78, 5) is 36.4. The Hall–Kier alpha value is -3.93. The molecule has 152 valence electrons. The minimum Gasteiger partial charge on any atom is -0.478 e. The molecule has 0 heterocycles. The van der Waals surface area contributed by atoms with Crippen LogP contribution in [-0.4, -0.2) is 22.9 Å². The van der Waals surface area contributed by atoms with Gasteiger partial charge in [0.1, 0.15) is 0 Å². The lowest BCUT2D eigenvalue weighted by molar-refractivity contribution is -0.117. The van der Waals surface area contributed by atoms with Crippen molar-refractivity contribution in [1.82, 2.24) is 0 Å². The maximum Gasteiger partial charge on any atom is 0.337 e. The van der Waals surface area contributed by atoms with Gasteiger partial charge in [0.05, 0.1) is 17.2 Å². The van der Waals surface area contributed by atoms with Gasteiger partial charge < -0.3 is 15.7 Å². The molecule has 3 N–H and O–H groups in total. The number of aromatic carboxylic acids is 1. The van der Waals surface area contributed by atoms with Crippen LogP contribution in [0.3, 0.4) is 0 Å². The molecule has 6 heteroatoms. The molecule has 1 atom stereocenters. The lowest BCUT2D eigenvalue weighted by atomic mass is 9.95. The summed E-state index contributed by atoms with van der Waals surface area (Å²) in [6.45, 7) is 1.96. The molecule has 0 saturated carbocycles. The first kappa shape index (κ1) is 20.8. The zero-order valence-electron chi connectivity index (χ0n) is 16.5. The Labute approximate surface area is 174 Å². The minimum absolute atomic E-state index is 0.0150. The summed E-state index contributed by atoms with van der Waals surface area (Å²) in [6, 6.07) is 22.2. The number of para-hydroxylation sites is 1. The molecule has 3 aromatic rings. The second kappa shape index (κ2) is 9.52. The summed E-state index contributed by atoms with van der Waals surface area (Å²) in [5.74, 6) is -1.93. The number of hydrogen-bond donors (Lipinski definition) is 3. The molecule has 0 radical (unpaired) electrons. The van der Waals surface area contributed by atoms with Crippen LogP contribution in [0.2, 0.25) is 0 Å². The topological polar surface area (TPSA) is 95.5 Å². The first-order chi connectivity index (χ1) is 14.5. The van der Waals surface area contributed by atoms with E-state index in [0.717, 1.165) is 5.56 Å². The Morgan fingerprint density at radius 1 is 0.833 bits per heavy atom. The third kappa shape index (κ3) is 4.91. The Morgan fingerprint density at radius 2 is 1.47 bits per heavy atom. The molecule has 0 bridgehead atoms. The maximum absolute atomic E-state index is 12.7. The highest BCUT2D eigenvalue weighted by molar-refractivity contribution is 6.08. The summed E-state index contributed by atoms with van der Waals surface area (Å²) >= 11 is 0. The summed E-state index contributed by atoms with van der Waals surface area (Å²) in [5.41, 5.74) is 2.12. The van der Waals surface area contributed by atoms with Gasteiger partial charge in [-0.25, -0.2) is 4.79 Å². The van der Waals surface area contributed by atoms with Crippen molar-refractivity contribution in [2.24, 2.45) is 0 Å². The van der Waals surface area contributed by atoms with E-state index in [1.54, 1.807) is 36.4 Å². The van der Waals surface area contributed by atoms with Crippen molar-refractivity contribution < 1.29 is 19.5 Å². The predicted octanol–water partition coefficient (Wildman–Crippen LogP) is 4.77. The van der Waals surface area contributed by atoms with Gasteiger partial charge in [-0.2, -0.15) is 0 Å². The zero-order valence-corrected chi connectivity index (χ0v) is 16.5. The smallest absolute Gasteiger partial charge is 0.337 e. The number of nitrogens with one attached hydrogen (secondary N) is 2. The molecule has 2 amide bonds. The molecule has 3 aromatic carbocycles. The molecule has 0 unspecified atom stereocenters. The first-order valence-corrected chi connectivity index (χ1v) is 9.59. The van der Waals surface area contributed by atoms with E-state index in [-0.39, 0.29) is 23.1 Å². The van der Waals surface area contributed by atoms with Gasteiger partial charge in [0.2, 0.25) is 5.91 Å². The SMILES string of the molecule is CC[C@H](C(=O)Nc1ccc(C(=O)Nc2ccccc2C(=O)O)cc1)c1ccccc1. The highest BCUT2D eigenvalue weighted by Gasteiger charge is 2.19. The number of rotatable bonds is 7. The number of amides is 2. The fourth-order valence-corrected chi connectivity index (χ4v) is 3.17. The largest absolute Gasteiger partial charge is 0.478 e. The second-order valence-electron chi connectivity index (χ2n) is 6.74. The molecule has 0 fully saturated rings. The molecule has 30 heavy (non-hydrogen) atoms. The number of carbonyl (C=O) groups is 3. The number of benzene rings is 3. The van der Waals surface area contributed by atoms with E-state index in [9.17, 15) is 19.5 Å². The standard InChI is InChI=1S/C24H22N2O4/c1-2-19(16-8-4-3-5-9-16)23(28)25-18-14-12-17(13-15-18)22(27)26-21-11-7-6-10-20(21)24(29)30/h3-15,19H,2H2,1H3,(H,25,28)(H,26,27)(H,29,30)/t19-/m0/s1. The normalized spacial score (nSPS) is 11.4. The van der Waals surface area contributed by atoms with Crippen molar-refractivity contribution in [2.75, 3.05) is 10.6 Å². The fraction of sp³-hybridized carbons (Fsp3) is 0.125. The Kier molecular flexibility index (Phi) is 6.60. The third-order valence-corrected chi connectivity index (χ3v) is 4.75. The van der Waals surface area contributed by atoms with E-state index in [4.69, 9.17) is 0 Å². The van der Waals surface area contributed by atoms with Crippen LogP contribution in [0.5, 0.6) is 0 Å². The van der Waals surface area contributed by atoms with Crippen molar-refractivity contribution in [1.29, 1.82) is 0 Å². The Balaban J connectivity index is 1.68. The molecule has 3 rings (SSSR count). The molecule has 0 aromatic heterocycles. The minimum atomic E-state index is -1.12. The number of anilines is 2. The summed E-state index contributed by atoms with van der Waals surface area (Å²) in [5, 5.41) is 14.7. The van der Waals surface area contributed by atoms with Gasteiger partial charge in [0, 0.05) is 11.3 Å². The molecule has 0 aliphatic heterocycles. The number of carboxylic acid groups (broad SMARTS) is 1. The number of carboxylic acids is 1. The van der Waals surface area contributed by atoms with Gasteiger partial charge in [-0.1, -0.05) is 49.4 Å². The van der Waals surface area contributed by atoms with Crippen molar-refractivity contribution in [2.45, 2.75) is 19.3 Å². The van der Waals surface area contributed by atoms with Crippen LogP contribution >= 0.6 is 0 Å². The van der Waals surface area contributed by atoms with Crippen LogP contribution in [-0.2, 0) is 4.79 Å². The van der Waals surface area contributed by atoms with Gasteiger partial charge in [-0.05, 0) is 48.4 Å². The van der Waals surface area contributed by atoms with Gasteiger partial charge in [-0.15, -0.1) is 0 Å². The van der Waals surface area contributed by atoms with E-state index in [1.165, 1.54) is 12.1 Å². The Bertz CT molecular complexity index is 1050. The Morgan fingerprint density at radius 3 is 2.10 bits per heavy atom. The number of carbonyl (C=O) groups excluding carboxylic acids is 2. The van der Waals surface area contributed by atoms with E-state index < -0.39 is 11.9 Å². The quantitative estimate of drug-likeness (QED) is 0.530. The van der Waals surface area contributed by atoms with Gasteiger partial charge in [-0.3, -0.25) is 9.59 Å². The van der Waals surface area contributed by atoms with Crippen LogP contribution in [0.25, 0.3) is 0 Å². The first-order valence-electron chi connectivity index (χ1n) is 9.59. The van der Waals surface area contributed by atoms with Gasteiger partial charge in [0.25, 0.3) is 5.91 Å². The summed E-state index contributed by atoms with van der Waals surface area (Å²) < 4.78 is 0. The highest BCUT2D eigenvalue weighted by Crippen LogP contribution is 2.22. The van der Waals surface area contributed by atoms with Crippen LogP contribution < -0.4 is 10.6 Å². The maximum atomic E-state index is 12.7. The van der Waals surface area contributed by atoms with E-state index in [2.05, 4.69) is 10.6 Å². The summed E-state index contributed by atoms with van der Waals surface area (Å²) in [7, 11) is 0. The monoisotopic (exact) mass is 402 g/mol. The molecule has 6 nitrogen and oxygen atoms in total. The highest BCUT2D eigenvalue weighted by atomic mass is 16.4. The van der Waals surface area contributed by atoms with Crippen LogP contribution in [0.15, 0.2) is 78.9 Å². The lowest BCUT2D eigenvalue weighted by Crippen LogP contribution is -2.20. The average Bonchev–Trinajstić information content (AvgIpc) is 2.75.